The Balaban J connectivity index is 1.44. The second-order valence-electron chi connectivity index (χ2n) is 8.19. The monoisotopic (exact) mass is 526 g/mol. The van der Waals surface area contributed by atoms with Crippen molar-refractivity contribution in [3.05, 3.63) is 64.1 Å². The van der Waals surface area contributed by atoms with Crippen LogP contribution < -0.4 is 9.47 Å². The van der Waals surface area contributed by atoms with Gasteiger partial charge in [-0.3, -0.25) is 19.3 Å². The Bertz CT molecular complexity index is 1220. The molecule has 2 heterocycles. The van der Waals surface area contributed by atoms with E-state index < -0.39 is 17.1 Å². The number of aromatic carboxylic acids is 1. The molecule has 0 aromatic heterocycles. The van der Waals surface area contributed by atoms with Crippen LogP contribution in [0, 0.1) is 0 Å². The van der Waals surface area contributed by atoms with Gasteiger partial charge in [-0.15, -0.1) is 0 Å². The number of carboxylic acid groups (broad SMARTS) is 1. The standard InChI is InChI=1S/C26H26N2O8S/c1-2-35-21-13-18(5-8-20(21)36-16-17-3-6-19(7-4-17)25(31)32)14-22-24(30)28(26(33)37-22)15-23(29)27-9-11-34-12-10-27/h3-8,13-14H,2,9-12,15-16H2,1H3,(H,31,32)/b22-14+. The highest BCUT2D eigenvalue weighted by Gasteiger charge is 2.37. The van der Waals surface area contributed by atoms with E-state index >= 15 is 0 Å². The highest BCUT2D eigenvalue weighted by molar-refractivity contribution is 8.18. The number of benzene rings is 2. The van der Waals surface area contributed by atoms with E-state index in [2.05, 4.69) is 0 Å². The minimum absolute atomic E-state index is 0.193. The van der Waals surface area contributed by atoms with Gasteiger partial charge >= 0.3 is 5.97 Å². The molecule has 10 nitrogen and oxygen atoms in total. The van der Waals surface area contributed by atoms with Crippen LogP contribution in [0.5, 0.6) is 11.5 Å². The quantitative estimate of drug-likeness (QED) is 0.491. The molecule has 0 atom stereocenters. The fraction of sp³-hybridized carbons (Fsp3) is 0.308. The molecule has 3 amide bonds. The molecule has 0 aliphatic carbocycles. The van der Waals surface area contributed by atoms with Crippen LogP contribution >= 0.6 is 11.8 Å². The molecular formula is C26H26N2O8S. The molecule has 2 fully saturated rings. The van der Waals surface area contributed by atoms with Gasteiger partial charge in [0.15, 0.2) is 11.5 Å². The van der Waals surface area contributed by atoms with E-state index in [4.69, 9.17) is 19.3 Å². The maximum absolute atomic E-state index is 12.9. The largest absolute Gasteiger partial charge is 0.490 e. The predicted octanol–water partition coefficient (Wildman–Crippen LogP) is 3.26. The van der Waals surface area contributed by atoms with Crippen LogP contribution in [0.2, 0.25) is 0 Å². The molecule has 0 spiro atoms. The minimum atomic E-state index is -0.997. The summed E-state index contributed by atoms with van der Waals surface area (Å²) in [5.74, 6) is -0.863. The van der Waals surface area contributed by atoms with Crippen LogP contribution in [-0.4, -0.2) is 77.4 Å². The number of thioether (sulfide) groups is 1. The molecule has 0 bridgehead atoms. The van der Waals surface area contributed by atoms with E-state index in [1.807, 2.05) is 6.92 Å². The number of nitrogens with zero attached hydrogens (tertiary/aromatic N) is 2. The summed E-state index contributed by atoms with van der Waals surface area (Å²) < 4.78 is 16.8. The van der Waals surface area contributed by atoms with E-state index in [0.29, 0.717) is 50.0 Å². The molecule has 0 unspecified atom stereocenters. The number of morpholine rings is 1. The summed E-state index contributed by atoms with van der Waals surface area (Å²) in [4.78, 5) is 51.6. The zero-order valence-electron chi connectivity index (χ0n) is 20.2. The van der Waals surface area contributed by atoms with Crippen LogP contribution in [0.15, 0.2) is 47.4 Å². The van der Waals surface area contributed by atoms with E-state index in [0.717, 1.165) is 22.2 Å². The van der Waals surface area contributed by atoms with Gasteiger partial charge in [-0.1, -0.05) is 18.2 Å². The van der Waals surface area contributed by atoms with Gasteiger partial charge in [0.05, 0.1) is 30.3 Å². The SMILES string of the molecule is CCOc1cc(/C=C2/SC(=O)N(CC(=O)N3CCOCC3)C2=O)ccc1OCc1ccc(C(=O)O)cc1. The molecule has 37 heavy (non-hydrogen) atoms. The number of carbonyl (C=O) groups excluding carboxylic acids is 3. The van der Waals surface area contributed by atoms with E-state index in [1.54, 1.807) is 41.3 Å². The van der Waals surface area contributed by atoms with Gasteiger partial charge in [-0.25, -0.2) is 4.79 Å². The van der Waals surface area contributed by atoms with Gasteiger partial charge in [0, 0.05) is 13.1 Å². The van der Waals surface area contributed by atoms with Crippen molar-refractivity contribution in [1.29, 1.82) is 0 Å². The van der Waals surface area contributed by atoms with Crippen LogP contribution in [0.25, 0.3) is 6.08 Å². The first-order valence-corrected chi connectivity index (χ1v) is 12.5. The average Bonchev–Trinajstić information content (AvgIpc) is 3.16. The molecule has 194 valence electrons. The molecule has 1 N–H and O–H groups in total. The molecule has 2 aromatic carbocycles. The summed E-state index contributed by atoms with van der Waals surface area (Å²) in [5, 5.41) is 8.54. The average molecular weight is 527 g/mol. The smallest absolute Gasteiger partial charge is 0.335 e. The van der Waals surface area contributed by atoms with E-state index in [-0.39, 0.29) is 29.5 Å². The number of ether oxygens (including phenoxy) is 3. The van der Waals surface area contributed by atoms with Crippen molar-refractivity contribution in [1.82, 2.24) is 9.80 Å². The number of hydrogen-bond donors (Lipinski definition) is 1. The lowest BCUT2D eigenvalue weighted by Crippen LogP contribution is -2.46. The highest BCUT2D eigenvalue weighted by Crippen LogP contribution is 2.35. The normalized spacial score (nSPS) is 16.8. The van der Waals surface area contributed by atoms with Crippen LogP contribution in [0.3, 0.4) is 0 Å². The summed E-state index contributed by atoms with van der Waals surface area (Å²) >= 11 is 0.789. The third-order valence-electron chi connectivity index (χ3n) is 5.69. The summed E-state index contributed by atoms with van der Waals surface area (Å²) in [5.41, 5.74) is 1.61. The number of imide groups is 1. The number of carboxylic acids is 1. The summed E-state index contributed by atoms with van der Waals surface area (Å²) in [7, 11) is 0. The Kier molecular flexibility index (Phi) is 8.47. The third-order valence-corrected chi connectivity index (χ3v) is 6.60. The van der Waals surface area contributed by atoms with Gasteiger partial charge in [-0.05, 0) is 60.2 Å². The fourth-order valence-corrected chi connectivity index (χ4v) is 4.58. The Morgan fingerprint density at radius 1 is 1.05 bits per heavy atom. The van der Waals surface area contributed by atoms with Gasteiger partial charge in [-0.2, -0.15) is 0 Å². The lowest BCUT2D eigenvalue weighted by molar-refractivity contribution is -0.139. The van der Waals surface area contributed by atoms with Crippen LogP contribution in [-0.2, 0) is 20.9 Å². The van der Waals surface area contributed by atoms with Gasteiger partial charge in [0.1, 0.15) is 13.2 Å². The van der Waals surface area contributed by atoms with Gasteiger partial charge in [0.2, 0.25) is 5.91 Å². The second-order valence-corrected chi connectivity index (χ2v) is 9.18. The van der Waals surface area contributed by atoms with Crippen molar-refractivity contribution in [2.75, 3.05) is 39.5 Å². The minimum Gasteiger partial charge on any atom is -0.490 e. The molecule has 0 radical (unpaired) electrons. The van der Waals surface area contributed by atoms with E-state index in [1.165, 1.54) is 12.1 Å². The predicted molar refractivity (Wildman–Crippen MR) is 135 cm³/mol. The molecule has 2 aliphatic rings. The molecule has 2 aliphatic heterocycles. The first-order valence-electron chi connectivity index (χ1n) is 11.7. The van der Waals surface area contributed by atoms with Gasteiger partial charge < -0.3 is 24.2 Å². The fourth-order valence-electron chi connectivity index (χ4n) is 3.74. The molecule has 0 saturated carbocycles. The molecule has 11 heteroatoms. The number of rotatable bonds is 9. The molecule has 2 saturated heterocycles. The zero-order valence-corrected chi connectivity index (χ0v) is 21.0. The lowest BCUT2D eigenvalue weighted by Gasteiger charge is -2.28. The van der Waals surface area contributed by atoms with E-state index in [9.17, 15) is 19.2 Å². The number of hydrogen-bond acceptors (Lipinski definition) is 8. The topological polar surface area (TPSA) is 123 Å². The first kappa shape index (κ1) is 26.2. The van der Waals surface area contributed by atoms with Gasteiger partial charge in [0.25, 0.3) is 11.1 Å². The maximum Gasteiger partial charge on any atom is 0.335 e. The third kappa shape index (κ3) is 6.49. The Morgan fingerprint density at radius 3 is 2.46 bits per heavy atom. The number of amides is 3. The van der Waals surface area contributed by atoms with Crippen molar-refractivity contribution in [2.24, 2.45) is 0 Å². The molecule has 4 rings (SSSR count). The lowest BCUT2D eigenvalue weighted by atomic mass is 10.1. The molecular weight excluding hydrogens is 500 g/mol. The van der Waals surface area contributed by atoms with Crippen molar-refractivity contribution < 1.29 is 38.5 Å². The Labute approximate surface area is 217 Å². The molecule has 2 aromatic rings. The second kappa shape index (κ2) is 11.9. The zero-order chi connectivity index (χ0) is 26.4. The Hall–Kier alpha value is -3.83. The van der Waals surface area contributed by atoms with Crippen molar-refractivity contribution in [3.8, 4) is 11.5 Å². The maximum atomic E-state index is 12.9. The number of carbonyl (C=O) groups is 4. The van der Waals surface area contributed by atoms with Crippen LogP contribution in [0.1, 0.15) is 28.4 Å². The van der Waals surface area contributed by atoms with Crippen molar-refractivity contribution in [3.63, 3.8) is 0 Å². The summed E-state index contributed by atoms with van der Waals surface area (Å²) in [6.45, 7) is 3.87. The van der Waals surface area contributed by atoms with Crippen molar-refractivity contribution in [2.45, 2.75) is 13.5 Å². The summed E-state index contributed by atoms with van der Waals surface area (Å²) in [6.07, 6.45) is 1.58. The summed E-state index contributed by atoms with van der Waals surface area (Å²) in [6, 6.07) is 11.5. The highest BCUT2D eigenvalue weighted by atomic mass is 32.2. The Morgan fingerprint density at radius 2 is 1.78 bits per heavy atom. The van der Waals surface area contributed by atoms with Crippen molar-refractivity contribution >= 4 is 40.9 Å². The first-order chi connectivity index (χ1) is 17.9. The van der Waals surface area contributed by atoms with Crippen LogP contribution in [0.4, 0.5) is 4.79 Å².